The average Bonchev–Trinajstić information content (AvgIpc) is 2.33. The molecule has 0 aliphatic carbocycles. The largest absolute Gasteiger partial charge is 0.477 e. The first-order valence-corrected chi connectivity index (χ1v) is 5.99. The first-order valence-electron chi connectivity index (χ1n) is 5.61. The van der Waals surface area contributed by atoms with Crippen molar-refractivity contribution in [1.82, 2.24) is 4.98 Å². The van der Waals surface area contributed by atoms with Crippen molar-refractivity contribution >= 4 is 17.6 Å². The lowest BCUT2D eigenvalue weighted by molar-refractivity contribution is 0.0693. The summed E-state index contributed by atoms with van der Waals surface area (Å²) in [6, 6.07) is 6.74. The van der Waals surface area contributed by atoms with Crippen LogP contribution < -0.4 is 4.74 Å². The van der Waals surface area contributed by atoms with Crippen molar-refractivity contribution in [3.05, 3.63) is 52.3 Å². The number of hydrogen-bond donors (Lipinski definition) is 1. The summed E-state index contributed by atoms with van der Waals surface area (Å²) in [5.41, 5.74) is 1.57. The summed E-state index contributed by atoms with van der Waals surface area (Å²) in [5, 5.41) is 9.73. The van der Waals surface area contributed by atoms with Crippen LogP contribution in [0.25, 0.3) is 0 Å². The molecule has 0 atom stereocenters. The predicted octanol–water partition coefficient (Wildman–Crippen LogP) is 3.84. The highest BCUT2D eigenvalue weighted by Gasteiger charge is 2.13. The topological polar surface area (TPSA) is 59.4 Å². The SMILES string of the molecule is Cc1cc(Oc2ccc(Cl)c(C)c2)c(C(=O)O)cn1. The standard InChI is InChI=1S/C14H12ClNO3/c1-8-5-10(3-4-12(8)15)19-13-6-9(2)16-7-11(13)14(17)18/h3-7H,1-2H3,(H,17,18). The van der Waals surface area contributed by atoms with Crippen LogP contribution in [-0.2, 0) is 0 Å². The van der Waals surface area contributed by atoms with Crippen LogP contribution >= 0.6 is 11.6 Å². The van der Waals surface area contributed by atoms with E-state index in [9.17, 15) is 4.79 Å². The molecule has 0 aliphatic heterocycles. The molecule has 0 spiro atoms. The highest BCUT2D eigenvalue weighted by Crippen LogP contribution is 2.28. The van der Waals surface area contributed by atoms with Crippen LogP contribution in [0.15, 0.2) is 30.5 Å². The normalized spacial score (nSPS) is 10.3. The summed E-state index contributed by atoms with van der Waals surface area (Å²) >= 11 is 5.93. The summed E-state index contributed by atoms with van der Waals surface area (Å²) in [6.45, 7) is 3.62. The molecule has 0 aliphatic rings. The maximum absolute atomic E-state index is 11.1. The molecule has 0 bridgehead atoms. The summed E-state index contributed by atoms with van der Waals surface area (Å²) in [5.74, 6) is -0.273. The fourth-order valence-corrected chi connectivity index (χ4v) is 1.70. The van der Waals surface area contributed by atoms with E-state index >= 15 is 0 Å². The number of ether oxygens (including phenoxy) is 1. The zero-order chi connectivity index (χ0) is 14.0. The molecular formula is C14H12ClNO3. The van der Waals surface area contributed by atoms with Crippen molar-refractivity contribution in [2.45, 2.75) is 13.8 Å². The molecule has 0 fully saturated rings. The van der Waals surface area contributed by atoms with E-state index in [1.807, 2.05) is 6.92 Å². The van der Waals surface area contributed by atoms with Crippen LogP contribution in [0.1, 0.15) is 21.6 Å². The van der Waals surface area contributed by atoms with E-state index in [4.69, 9.17) is 21.4 Å². The Balaban J connectivity index is 2.39. The van der Waals surface area contributed by atoms with Gasteiger partial charge in [-0.25, -0.2) is 4.79 Å². The van der Waals surface area contributed by atoms with Gasteiger partial charge in [-0.05, 0) is 37.6 Å². The van der Waals surface area contributed by atoms with Crippen molar-refractivity contribution in [3.8, 4) is 11.5 Å². The molecule has 1 N–H and O–H groups in total. The second-order valence-electron chi connectivity index (χ2n) is 4.14. The summed E-state index contributed by atoms with van der Waals surface area (Å²) in [6.07, 6.45) is 1.29. The van der Waals surface area contributed by atoms with Crippen LogP contribution in [0, 0.1) is 13.8 Å². The highest BCUT2D eigenvalue weighted by molar-refractivity contribution is 6.31. The van der Waals surface area contributed by atoms with Crippen LogP contribution in [0.5, 0.6) is 11.5 Å². The number of nitrogens with zero attached hydrogens (tertiary/aromatic N) is 1. The van der Waals surface area contributed by atoms with E-state index in [1.165, 1.54) is 6.20 Å². The number of aromatic carboxylic acids is 1. The van der Waals surface area contributed by atoms with Gasteiger partial charge in [0.15, 0.2) is 0 Å². The quantitative estimate of drug-likeness (QED) is 0.926. The minimum absolute atomic E-state index is 0.0261. The number of benzene rings is 1. The molecule has 0 amide bonds. The maximum atomic E-state index is 11.1. The van der Waals surface area contributed by atoms with Crippen LogP contribution in [0.4, 0.5) is 0 Å². The smallest absolute Gasteiger partial charge is 0.341 e. The fourth-order valence-electron chi connectivity index (χ4n) is 1.59. The van der Waals surface area contributed by atoms with Gasteiger partial charge in [-0.2, -0.15) is 0 Å². The Hall–Kier alpha value is -2.07. The molecule has 1 aromatic heterocycles. The van der Waals surface area contributed by atoms with Gasteiger partial charge in [-0.1, -0.05) is 11.6 Å². The lowest BCUT2D eigenvalue weighted by Gasteiger charge is -2.10. The Bertz CT molecular complexity index is 641. The van der Waals surface area contributed by atoms with Crippen LogP contribution in [0.3, 0.4) is 0 Å². The zero-order valence-corrected chi connectivity index (χ0v) is 11.2. The van der Waals surface area contributed by atoms with E-state index in [-0.39, 0.29) is 11.3 Å². The number of rotatable bonds is 3. The van der Waals surface area contributed by atoms with Gasteiger partial charge < -0.3 is 9.84 Å². The van der Waals surface area contributed by atoms with Gasteiger partial charge >= 0.3 is 5.97 Å². The van der Waals surface area contributed by atoms with Crippen LogP contribution in [-0.4, -0.2) is 16.1 Å². The molecule has 1 heterocycles. The Kier molecular flexibility index (Phi) is 3.71. The maximum Gasteiger partial charge on any atom is 0.341 e. The second kappa shape index (κ2) is 5.28. The van der Waals surface area contributed by atoms with Gasteiger partial charge in [-0.15, -0.1) is 0 Å². The number of carboxylic acid groups (broad SMARTS) is 1. The Morgan fingerprint density at radius 3 is 2.68 bits per heavy atom. The predicted molar refractivity (Wildman–Crippen MR) is 72.2 cm³/mol. The molecule has 98 valence electrons. The van der Waals surface area contributed by atoms with Crippen LogP contribution in [0.2, 0.25) is 5.02 Å². The van der Waals surface area contributed by atoms with E-state index in [2.05, 4.69) is 4.98 Å². The van der Waals surface area contributed by atoms with E-state index in [1.54, 1.807) is 31.2 Å². The summed E-state index contributed by atoms with van der Waals surface area (Å²) in [7, 11) is 0. The van der Waals surface area contributed by atoms with Gasteiger partial charge in [-0.3, -0.25) is 4.98 Å². The van der Waals surface area contributed by atoms with Gasteiger partial charge in [0.25, 0.3) is 0 Å². The Morgan fingerprint density at radius 2 is 2.05 bits per heavy atom. The molecule has 0 saturated carbocycles. The number of aryl methyl sites for hydroxylation is 2. The number of pyridine rings is 1. The van der Waals surface area contributed by atoms with Gasteiger partial charge in [0.2, 0.25) is 0 Å². The molecule has 2 rings (SSSR count). The number of aromatic nitrogens is 1. The molecular weight excluding hydrogens is 266 g/mol. The van der Waals surface area contributed by atoms with Crippen molar-refractivity contribution in [1.29, 1.82) is 0 Å². The van der Waals surface area contributed by atoms with Gasteiger partial charge in [0.05, 0.1) is 0 Å². The first kappa shape index (κ1) is 13.4. The molecule has 1 aromatic carbocycles. The molecule has 2 aromatic rings. The molecule has 0 unspecified atom stereocenters. The molecule has 5 heteroatoms. The number of hydrogen-bond acceptors (Lipinski definition) is 3. The van der Waals surface area contributed by atoms with Crippen molar-refractivity contribution in [2.24, 2.45) is 0 Å². The van der Waals surface area contributed by atoms with E-state index < -0.39 is 5.97 Å². The van der Waals surface area contributed by atoms with E-state index in [0.29, 0.717) is 16.5 Å². The monoisotopic (exact) mass is 277 g/mol. The fraction of sp³-hybridized carbons (Fsp3) is 0.143. The molecule has 0 saturated heterocycles. The third-order valence-electron chi connectivity index (χ3n) is 2.59. The number of carboxylic acids is 1. The lowest BCUT2D eigenvalue weighted by Crippen LogP contribution is -2.02. The Labute approximate surface area is 115 Å². The Morgan fingerprint density at radius 1 is 1.32 bits per heavy atom. The summed E-state index contributed by atoms with van der Waals surface area (Å²) < 4.78 is 5.61. The third-order valence-corrected chi connectivity index (χ3v) is 3.01. The average molecular weight is 278 g/mol. The first-order chi connectivity index (χ1) is 8.97. The van der Waals surface area contributed by atoms with E-state index in [0.717, 1.165) is 5.56 Å². The summed E-state index contributed by atoms with van der Waals surface area (Å²) in [4.78, 5) is 15.1. The lowest BCUT2D eigenvalue weighted by atomic mass is 10.2. The minimum atomic E-state index is -1.08. The van der Waals surface area contributed by atoms with Gasteiger partial charge in [0.1, 0.15) is 17.1 Å². The van der Waals surface area contributed by atoms with Crippen molar-refractivity contribution in [2.75, 3.05) is 0 Å². The second-order valence-corrected chi connectivity index (χ2v) is 4.55. The highest BCUT2D eigenvalue weighted by atomic mass is 35.5. The number of carbonyl (C=O) groups is 1. The van der Waals surface area contributed by atoms with Gasteiger partial charge in [0, 0.05) is 23.0 Å². The minimum Gasteiger partial charge on any atom is -0.477 e. The molecule has 4 nitrogen and oxygen atoms in total. The van der Waals surface area contributed by atoms with Crippen molar-refractivity contribution in [3.63, 3.8) is 0 Å². The number of halogens is 1. The zero-order valence-electron chi connectivity index (χ0n) is 10.5. The van der Waals surface area contributed by atoms with Crippen molar-refractivity contribution < 1.29 is 14.6 Å². The third kappa shape index (κ3) is 3.03. The molecule has 19 heavy (non-hydrogen) atoms. The molecule has 0 radical (unpaired) electrons.